The fourth-order valence-corrected chi connectivity index (χ4v) is 5.18. The zero-order valence-electron chi connectivity index (χ0n) is 21.4. The Morgan fingerprint density at radius 3 is 1.55 bits per heavy atom. The summed E-state index contributed by atoms with van der Waals surface area (Å²) < 4.78 is 97.7. The van der Waals surface area contributed by atoms with Crippen LogP contribution in [0.5, 0.6) is 11.5 Å². The van der Waals surface area contributed by atoms with Crippen LogP contribution in [-0.2, 0) is 13.0 Å². The van der Waals surface area contributed by atoms with Gasteiger partial charge in [-0.3, -0.25) is 0 Å². The second-order valence-electron chi connectivity index (χ2n) is 9.59. The van der Waals surface area contributed by atoms with Crippen molar-refractivity contribution in [2.75, 3.05) is 6.61 Å². The zero-order valence-corrected chi connectivity index (χ0v) is 21.4. The van der Waals surface area contributed by atoms with E-state index in [4.69, 9.17) is 9.47 Å². The van der Waals surface area contributed by atoms with Crippen LogP contribution >= 0.6 is 0 Å². The van der Waals surface area contributed by atoms with Gasteiger partial charge in [0.1, 0.15) is 6.61 Å². The molecule has 3 aromatic rings. The van der Waals surface area contributed by atoms with Crippen molar-refractivity contribution in [2.24, 2.45) is 0 Å². The molecule has 4 rings (SSSR count). The van der Waals surface area contributed by atoms with E-state index >= 15 is 0 Å². The third-order valence-corrected chi connectivity index (χ3v) is 7.20. The molecule has 0 radical (unpaired) electrons. The molecule has 0 aromatic heterocycles. The molecule has 3 aromatic carbocycles. The molecule has 38 heavy (non-hydrogen) atoms. The Kier molecular flexibility index (Phi) is 8.90. The number of rotatable bonds is 9. The van der Waals surface area contributed by atoms with Crippen molar-refractivity contribution in [3.8, 4) is 11.5 Å². The maximum absolute atomic E-state index is 15.0. The minimum absolute atomic E-state index is 0.0949. The number of aryl methyl sites for hydroxylation is 1. The number of halogens is 6. The maximum atomic E-state index is 15.0. The van der Waals surface area contributed by atoms with Crippen LogP contribution in [0.3, 0.4) is 0 Å². The summed E-state index contributed by atoms with van der Waals surface area (Å²) in [5.74, 6) is -7.32. The molecule has 1 aliphatic carbocycles. The largest absolute Gasteiger partial charge is 0.491 e. The minimum Gasteiger partial charge on any atom is -0.491 e. The van der Waals surface area contributed by atoms with Crippen LogP contribution in [0.1, 0.15) is 80.0 Å². The summed E-state index contributed by atoms with van der Waals surface area (Å²) in [5.41, 5.74) is 0.585. The number of ether oxygens (including phenoxy) is 2. The smallest absolute Gasteiger partial charge is 0.200 e. The second-order valence-corrected chi connectivity index (χ2v) is 9.59. The normalized spacial score (nSPS) is 17.5. The quantitative estimate of drug-likeness (QED) is 0.254. The molecule has 0 atom stereocenters. The van der Waals surface area contributed by atoms with E-state index in [1.807, 2.05) is 6.92 Å². The Morgan fingerprint density at radius 2 is 1.05 bits per heavy atom. The first-order valence-electron chi connectivity index (χ1n) is 12.9. The summed E-state index contributed by atoms with van der Waals surface area (Å²) in [6.07, 6.45) is 2.93. The predicted octanol–water partition coefficient (Wildman–Crippen LogP) is 8.89. The van der Waals surface area contributed by atoms with Gasteiger partial charge in [-0.25, -0.2) is 17.6 Å². The summed E-state index contributed by atoms with van der Waals surface area (Å²) in [6.45, 7) is 3.29. The van der Waals surface area contributed by atoms with Crippen molar-refractivity contribution in [1.29, 1.82) is 0 Å². The summed E-state index contributed by atoms with van der Waals surface area (Å²) in [4.78, 5) is 0. The highest BCUT2D eigenvalue weighted by Crippen LogP contribution is 2.43. The molecule has 1 saturated carbocycles. The van der Waals surface area contributed by atoms with Crippen molar-refractivity contribution in [3.63, 3.8) is 0 Å². The highest BCUT2D eigenvalue weighted by Gasteiger charge is 2.30. The van der Waals surface area contributed by atoms with Crippen LogP contribution in [0.25, 0.3) is 0 Å². The van der Waals surface area contributed by atoms with E-state index in [9.17, 15) is 26.3 Å². The summed E-state index contributed by atoms with van der Waals surface area (Å²) in [7, 11) is 0. The molecule has 1 fully saturated rings. The van der Waals surface area contributed by atoms with Gasteiger partial charge in [-0.1, -0.05) is 37.6 Å². The average molecular weight is 537 g/mol. The predicted molar refractivity (Wildman–Crippen MR) is 133 cm³/mol. The molecular weight excluding hydrogens is 506 g/mol. The molecular formula is C30H30F6O2. The average Bonchev–Trinajstić information content (AvgIpc) is 2.92. The highest BCUT2D eigenvalue weighted by atomic mass is 19.2. The fourth-order valence-electron chi connectivity index (χ4n) is 5.18. The van der Waals surface area contributed by atoms with Gasteiger partial charge in [0.2, 0.25) is 11.6 Å². The Hall–Kier alpha value is -3.16. The lowest BCUT2D eigenvalue weighted by atomic mass is 9.76. The van der Waals surface area contributed by atoms with E-state index in [2.05, 4.69) is 0 Å². The summed E-state index contributed by atoms with van der Waals surface area (Å²) >= 11 is 0. The molecule has 2 nitrogen and oxygen atoms in total. The van der Waals surface area contributed by atoms with Gasteiger partial charge in [0.05, 0.1) is 6.61 Å². The molecule has 8 heteroatoms. The van der Waals surface area contributed by atoms with Crippen molar-refractivity contribution >= 4 is 0 Å². The molecule has 0 spiro atoms. The molecule has 0 aliphatic heterocycles. The molecule has 0 N–H and O–H groups in total. The molecule has 0 heterocycles. The first-order chi connectivity index (χ1) is 18.3. The fraction of sp³-hybridized carbons (Fsp3) is 0.400. The van der Waals surface area contributed by atoms with E-state index in [0.717, 1.165) is 0 Å². The molecule has 1 aliphatic rings. The van der Waals surface area contributed by atoms with Crippen LogP contribution in [0, 0.1) is 34.9 Å². The van der Waals surface area contributed by atoms with Gasteiger partial charge in [-0.15, -0.1) is 0 Å². The Balaban J connectivity index is 1.42. The van der Waals surface area contributed by atoms with Gasteiger partial charge in [0, 0.05) is 5.56 Å². The first-order valence-corrected chi connectivity index (χ1v) is 12.9. The third-order valence-electron chi connectivity index (χ3n) is 7.20. The number of hydrogen-bond donors (Lipinski definition) is 0. The minimum atomic E-state index is -1.20. The van der Waals surface area contributed by atoms with Gasteiger partial charge in [-0.2, -0.15) is 8.78 Å². The molecule has 0 saturated heterocycles. The lowest BCUT2D eigenvalue weighted by molar-refractivity contribution is 0.275. The van der Waals surface area contributed by atoms with Crippen molar-refractivity contribution in [1.82, 2.24) is 0 Å². The van der Waals surface area contributed by atoms with E-state index in [0.29, 0.717) is 38.5 Å². The Labute approximate surface area is 218 Å². The molecule has 0 bridgehead atoms. The van der Waals surface area contributed by atoms with Crippen LogP contribution in [0.2, 0.25) is 0 Å². The van der Waals surface area contributed by atoms with Crippen LogP contribution in [-0.4, -0.2) is 6.61 Å². The van der Waals surface area contributed by atoms with Crippen LogP contribution < -0.4 is 9.47 Å². The first kappa shape index (κ1) is 27.9. The van der Waals surface area contributed by atoms with Gasteiger partial charge in [-0.05, 0) is 79.7 Å². The van der Waals surface area contributed by atoms with Gasteiger partial charge in [0.25, 0.3) is 0 Å². The lowest BCUT2D eigenvalue weighted by Crippen LogP contribution is -2.15. The van der Waals surface area contributed by atoms with Crippen LogP contribution in [0.15, 0.2) is 36.4 Å². The van der Waals surface area contributed by atoms with Crippen molar-refractivity contribution < 1.29 is 35.8 Å². The molecule has 204 valence electrons. The Morgan fingerprint density at radius 1 is 0.579 bits per heavy atom. The summed E-state index contributed by atoms with van der Waals surface area (Å²) in [5, 5.41) is 0. The van der Waals surface area contributed by atoms with Crippen LogP contribution in [0.4, 0.5) is 26.3 Å². The van der Waals surface area contributed by atoms with E-state index in [1.165, 1.54) is 36.4 Å². The number of benzene rings is 3. The maximum Gasteiger partial charge on any atom is 0.200 e. The molecule has 0 unspecified atom stereocenters. The SMILES string of the molecule is CCCc1ccc(COc2ccc(C3CCC(c4ccc(OCC)c(F)c4F)CC3)c(F)c2F)c(F)c1F. The monoisotopic (exact) mass is 536 g/mol. The van der Waals surface area contributed by atoms with Crippen molar-refractivity contribution in [2.45, 2.75) is 70.8 Å². The Bertz CT molecular complexity index is 1280. The lowest BCUT2D eigenvalue weighted by Gasteiger charge is -2.30. The standard InChI is InChI=1S/C30H30F6O2/c1-3-5-19-10-11-20(26(32)25(19)31)16-38-24-15-13-22(28(34)30(24)36)18-8-6-17(7-9-18)21-12-14-23(37-4-2)29(35)27(21)33/h10-15,17-18H,3-9,16H2,1-2H3. The van der Waals surface area contributed by atoms with E-state index < -0.39 is 47.3 Å². The highest BCUT2D eigenvalue weighted by molar-refractivity contribution is 5.36. The topological polar surface area (TPSA) is 18.5 Å². The number of hydrogen-bond acceptors (Lipinski definition) is 2. The summed E-state index contributed by atoms with van der Waals surface area (Å²) in [6, 6.07) is 8.48. The van der Waals surface area contributed by atoms with Gasteiger partial charge in [0.15, 0.2) is 34.8 Å². The zero-order chi connectivity index (χ0) is 27.4. The van der Waals surface area contributed by atoms with Crippen molar-refractivity contribution in [3.05, 3.63) is 93.6 Å². The third kappa shape index (κ3) is 5.64. The van der Waals surface area contributed by atoms with Gasteiger partial charge >= 0.3 is 0 Å². The molecule has 0 amide bonds. The van der Waals surface area contributed by atoms with Gasteiger partial charge < -0.3 is 9.47 Å². The van der Waals surface area contributed by atoms with E-state index in [-0.39, 0.29) is 46.4 Å². The van der Waals surface area contributed by atoms with E-state index in [1.54, 1.807) is 6.92 Å². The second kappa shape index (κ2) is 12.1.